The third-order valence-corrected chi connectivity index (χ3v) is 1.73. The summed E-state index contributed by atoms with van der Waals surface area (Å²) in [7, 11) is 0. The Bertz CT molecular complexity index is 450. The van der Waals surface area contributed by atoms with Gasteiger partial charge in [0.25, 0.3) is 0 Å². The molecule has 0 radical (unpaired) electrons. The molecule has 0 fully saturated rings. The molecule has 1 heterocycles. The van der Waals surface area contributed by atoms with Crippen LogP contribution in [0.5, 0.6) is 0 Å². The van der Waals surface area contributed by atoms with Crippen LogP contribution in [0.15, 0.2) is 34.9 Å². The van der Waals surface area contributed by atoms with E-state index in [1.807, 2.05) is 6.07 Å². The molecule has 1 aromatic carbocycles. The molecule has 0 bridgehead atoms. The molecule has 0 saturated heterocycles. The molecule has 5 nitrogen and oxygen atoms in total. The maximum absolute atomic E-state index is 10.7. The molecule has 2 aromatic rings. The van der Waals surface area contributed by atoms with Crippen molar-refractivity contribution in [1.82, 2.24) is 10.4 Å². The fourth-order valence-electron chi connectivity index (χ4n) is 1.11. The first-order valence-electron chi connectivity index (χ1n) is 3.90. The fourth-order valence-corrected chi connectivity index (χ4v) is 1.11. The standard InChI is InChI=1S/C9H6N2O3/c12-9(13)7-8(14-11-10-7)6-4-2-1-3-5-6/h1-5H,(H,12,13). The molecular formula is C9H6N2O3. The van der Waals surface area contributed by atoms with E-state index in [0.717, 1.165) is 0 Å². The van der Waals surface area contributed by atoms with E-state index in [2.05, 4.69) is 10.4 Å². The number of carboxylic acid groups (broad SMARTS) is 1. The molecule has 0 aliphatic heterocycles. The Morgan fingerprint density at radius 2 is 2.00 bits per heavy atom. The highest BCUT2D eigenvalue weighted by Crippen LogP contribution is 2.20. The van der Waals surface area contributed by atoms with Gasteiger partial charge < -0.3 is 9.63 Å². The van der Waals surface area contributed by atoms with Crippen molar-refractivity contribution in [2.75, 3.05) is 0 Å². The third kappa shape index (κ3) is 1.35. The number of benzene rings is 1. The van der Waals surface area contributed by atoms with Crippen LogP contribution in [-0.4, -0.2) is 21.4 Å². The summed E-state index contributed by atoms with van der Waals surface area (Å²) in [5, 5.41) is 15.3. The molecule has 1 N–H and O–H groups in total. The van der Waals surface area contributed by atoms with Gasteiger partial charge in [-0.15, -0.1) is 5.10 Å². The Morgan fingerprint density at radius 3 is 2.64 bits per heavy atom. The van der Waals surface area contributed by atoms with Crippen LogP contribution in [-0.2, 0) is 0 Å². The summed E-state index contributed by atoms with van der Waals surface area (Å²) in [5.41, 5.74) is 0.478. The highest BCUT2D eigenvalue weighted by atomic mass is 16.5. The Kier molecular flexibility index (Phi) is 1.98. The SMILES string of the molecule is O=C(O)c1nnoc1-c1ccccc1. The highest BCUT2D eigenvalue weighted by molar-refractivity contribution is 5.91. The maximum atomic E-state index is 10.7. The summed E-state index contributed by atoms with van der Waals surface area (Å²) in [6.07, 6.45) is 0. The van der Waals surface area contributed by atoms with E-state index in [1.54, 1.807) is 24.3 Å². The van der Waals surface area contributed by atoms with Gasteiger partial charge in [-0.3, -0.25) is 0 Å². The van der Waals surface area contributed by atoms with Gasteiger partial charge in [0.1, 0.15) is 0 Å². The Balaban J connectivity index is 2.52. The van der Waals surface area contributed by atoms with Gasteiger partial charge >= 0.3 is 5.97 Å². The lowest BCUT2D eigenvalue weighted by molar-refractivity contribution is 0.0691. The molecule has 14 heavy (non-hydrogen) atoms. The zero-order valence-electron chi connectivity index (χ0n) is 7.04. The number of nitrogens with zero attached hydrogens (tertiary/aromatic N) is 2. The van der Waals surface area contributed by atoms with Crippen molar-refractivity contribution in [3.63, 3.8) is 0 Å². The van der Waals surface area contributed by atoms with Crippen molar-refractivity contribution in [3.05, 3.63) is 36.0 Å². The van der Waals surface area contributed by atoms with Crippen molar-refractivity contribution in [2.24, 2.45) is 0 Å². The van der Waals surface area contributed by atoms with Crippen molar-refractivity contribution in [3.8, 4) is 11.3 Å². The zero-order chi connectivity index (χ0) is 9.97. The molecule has 5 heteroatoms. The number of aromatic nitrogens is 2. The summed E-state index contributed by atoms with van der Waals surface area (Å²) in [6.45, 7) is 0. The van der Waals surface area contributed by atoms with Crippen LogP contribution in [0.3, 0.4) is 0 Å². The molecule has 0 atom stereocenters. The van der Waals surface area contributed by atoms with Crippen molar-refractivity contribution < 1.29 is 14.4 Å². The van der Waals surface area contributed by atoms with E-state index in [9.17, 15) is 4.79 Å². The summed E-state index contributed by atoms with van der Waals surface area (Å²) < 4.78 is 4.77. The molecule has 0 spiro atoms. The first-order valence-corrected chi connectivity index (χ1v) is 3.90. The van der Waals surface area contributed by atoms with Crippen LogP contribution in [0.25, 0.3) is 11.3 Å². The predicted octanol–water partition coefficient (Wildman–Crippen LogP) is 1.43. The number of hydrogen-bond acceptors (Lipinski definition) is 4. The summed E-state index contributed by atoms with van der Waals surface area (Å²) in [6, 6.07) is 8.85. The quantitative estimate of drug-likeness (QED) is 0.775. The topological polar surface area (TPSA) is 76.2 Å². The monoisotopic (exact) mass is 190 g/mol. The Hall–Kier alpha value is -2.17. The average molecular weight is 190 g/mol. The number of carboxylic acids is 1. The van der Waals surface area contributed by atoms with Gasteiger partial charge in [-0.2, -0.15) is 0 Å². The summed E-state index contributed by atoms with van der Waals surface area (Å²) in [4.78, 5) is 10.7. The van der Waals surface area contributed by atoms with Crippen LogP contribution in [0, 0.1) is 0 Å². The molecule has 0 amide bonds. The van der Waals surface area contributed by atoms with Crippen LogP contribution in [0.4, 0.5) is 0 Å². The number of carbonyl (C=O) groups is 1. The van der Waals surface area contributed by atoms with Gasteiger partial charge in [-0.05, 0) is 0 Å². The third-order valence-electron chi connectivity index (χ3n) is 1.73. The van der Waals surface area contributed by atoms with E-state index >= 15 is 0 Å². The van der Waals surface area contributed by atoms with Gasteiger partial charge in [-0.1, -0.05) is 30.3 Å². The van der Waals surface area contributed by atoms with E-state index in [4.69, 9.17) is 9.63 Å². The summed E-state index contributed by atoms with van der Waals surface area (Å²) >= 11 is 0. The first kappa shape index (κ1) is 8.43. The van der Waals surface area contributed by atoms with Gasteiger partial charge in [0, 0.05) is 10.8 Å². The van der Waals surface area contributed by atoms with E-state index in [0.29, 0.717) is 5.56 Å². The molecule has 0 aliphatic rings. The minimum atomic E-state index is -1.15. The first-order chi connectivity index (χ1) is 6.79. The largest absolute Gasteiger partial charge is 0.476 e. The van der Waals surface area contributed by atoms with Crippen LogP contribution in [0.2, 0.25) is 0 Å². The number of hydrogen-bond donors (Lipinski definition) is 1. The van der Waals surface area contributed by atoms with Crippen molar-refractivity contribution >= 4 is 5.97 Å². The Morgan fingerprint density at radius 1 is 1.29 bits per heavy atom. The minimum Gasteiger partial charge on any atom is -0.476 e. The second-order valence-electron chi connectivity index (χ2n) is 2.62. The molecule has 0 unspecified atom stereocenters. The lowest BCUT2D eigenvalue weighted by atomic mass is 10.1. The van der Waals surface area contributed by atoms with Gasteiger partial charge in [0.05, 0.1) is 0 Å². The van der Waals surface area contributed by atoms with Crippen LogP contribution < -0.4 is 0 Å². The molecule has 0 aliphatic carbocycles. The van der Waals surface area contributed by atoms with Crippen LogP contribution >= 0.6 is 0 Å². The predicted molar refractivity (Wildman–Crippen MR) is 46.7 cm³/mol. The minimum absolute atomic E-state index is 0.170. The van der Waals surface area contributed by atoms with E-state index in [1.165, 1.54) is 0 Å². The molecular weight excluding hydrogens is 184 g/mol. The molecule has 70 valence electrons. The second-order valence-corrected chi connectivity index (χ2v) is 2.62. The van der Waals surface area contributed by atoms with Crippen molar-refractivity contribution in [2.45, 2.75) is 0 Å². The maximum Gasteiger partial charge on any atom is 0.360 e. The Labute approximate surface area is 79.0 Å². The average Bonchev–Trinajstić information content (AvgIpc) is 2.67. The van der Waals surface area contributed by atoms with Gasteiger partial charge in [0.2, 0.25) is 11.5 Å². The van der Waals surface area contributed by atoms with Gasteiger partial charge in [0.15, 0.2) is 0 Å². The smallest absolute Gasteiger partial charge is 0.360 e. The van der Waals surface area contributed by atoms with Crippen LogP contribution in [0.1, 0.15) is 10.5 Å². The molecule has 1 aromatic heterocycles. The normalized spacial score (nSPS) is 10.0. The number of aromatic carboxylic acids is 1. The second kappa shape index (κ2) is 3.29. The highest BCUT2D eigenvalue weighted by Gasteiger charge is 2.18. The zero-order valence-corrected chi connectivity index (χ0v) is 7.04. The lowest BCUT2D eigenvalue weighted by Gasteiger charge is -1.94. The van der Waals surface area contributed by atoms with E-state index < -0.39 is 5.97 Å². The van der Waals surface area contributed by atoms with Crippen molar-refractivity contribution in [1.29, 1.82) is 0 Å². The summed E-state index contributed by atoms with van der Waals surface area (Å²) in [5.74, 6) is -0.969. The molecule has 0 saturated carbocycles. The number of rotatable bonds is 2. The van der Waals surface area contributed by atoms with Gasteiger partial charge in [-0.25, -0.2) is 4.79 Å². The van der Waals surface area contributed by atoms with E-state index in [-0.39, 0.29) is 11.5 Å². The fraction of sp³-hybridized carbons (Fsp3) is 0. The molecule has 2 rings (SSSR count). The lowest BCUT2D eigenvalue weighted by Crippen LogP contribution is -1.98.